The maximum atomic E-state index is 12.8. The molecule has 3 aromatic rings. The van der Waals surface area contributed by atoms with Crippen molar-refractivity contribution < 1.29 is 4.79 Å². The maximum Gasteiger partial charge on any atom is 0.324 e. The Morgan fingerprint density at radius 3 is 2.61 bits per heavy atom. The van der Waals surface area contributed by atoms with Crippen LogP contribution in [-0.2, 0) is 12.8 Å². The summed E-state index contributed by atoms with van der Waals surface area (Å²) in [5, 5.41) is 14.6. The number of nitrogens with zero attached hydrogens (tertiary/aromatic N) is 2. The molecule has 0 radical (unpaired) electrons. The van der Waals surface area contributed by atoms with Gasteiger partial charge in [-0.1, -0.05) is 68.6 Å². The fraction of sp³-hybridized carbons (Fsp3) is 0.360. The zero-order valence-corrected chi connectivity index (χ0v) is 20.8. The van der Waals surface area contributed by atoms with E-state index in [0.717, 1.165) is 43.6 Å². The molecule has 3 rings (SSSR count). The van der Waals surface area contributed by atoms with Gasteiger partial charge in [0, 0.05) is 12.1 Å². The number of amides is 2. The third-order valence-corrected chi connectivity index (χ3v) is 5.93. The van der Waals surface area contributed by atoms with Crippen LogP contribution in [0.5, 0.6) is 0 Å². The van der Waals surface area contributed by atoms with Crippen molar-refractivity contribution in [1.29, 1.82) is 0 Å². The number of rotatable bonds is 10. The van der Waals surface area contributed by atoms with Crippen molar-refractivity contribution in [2.45, 2.75) is 52.5 Å². The fourth-order valence-corrected chi connectivity index (χ4v) is 3.76. The number of anilines is 2. The largest absolute Gasteiger partial charge is 0.324 e. The van der Waals surface area contributed by atoms with Crippen molar-refractivity contribution in [2.24, 2.45) is 0 Å². The van der Waals surface area contributed by atoms with Crippen LogP contribution in [0.2, 0.25) is 10.0 Å². The Morgan fingerprint density at radius 2 is 1.85 bits per heavy atom. The smallest absolute Gasteiger partial charge is 0.314 e. The van der Waals surface area contributed by atoms with Crippen LogP contribution in [0, 0.1) is 0 Å². The topological polar surface area (TPSA) is 71.0 Å². The number of aromatic nitrogens is 2. The highest BCUT2D eigenvalue weighted by atomic mass is 35.5. The average Bonchev–Trinajstić information content (AvgIpc) is 3.18. The van der Waals surface area contributed by atoms with Gasteiger partial charge in [-0.2, -0.15) is 5.10 Å². The summed E-state index contributed by atoms with van der Waals surface area (Å²) < 4.78 is 1.78. The first-order valence-corrected chi connectivity index (χ1v) is 12.1. The standard InChI is InChI=1S/C25H31Cl2N5O/c1-4-5-9-19-16-23(30-25(33)29-22-12-7-11-21(26)24(22)27)32(31-19)20-10-6-8-18(15-20)13-14-28-17(2)3/h6-8,10-12,15-17,28H,4-5,9,13-14H2,1-3H3,(H2,29,30,33). The molecular weight excluding hydrogens is 457 g/mol. The zero-order chi connectivity index (χ0) is 23.8. The van der Waals surface area contributed by atoms with E-state index in [1.54, 1.807) is 22.9 Å². The Bertz CT molecular complexity index is 1080. The van der Waals surface area contributed by atoms with Gasteiger partial charge in [0.25, 0.3) is 0 Å². The molecule has 2 amide bonds. The summed E-state index contributed by atoms with van der Waals surface area (Å²) in [4.78, 5) is 12.8. The first kappa shape index (κ1) is 25.1. The number of aryl methyl sites for hydroxylation is 1. The van der Waals surface area contributed by atoms with Crippen molar-refractivity contribution in [3.8, 4) is 5.69 Å². The van der Waals surface area contributed by atoms with Gasteiger partial charge in [0.1, 0.15) is 5.82 Å². The van der Waals surface area contributed by atoms with E-state index in [2.05, 4.69) is 48.9 Å². The number of hydrogen-bond acceptors (Lipinski definition) is 3. The molecule has 0 aliphatic rings. The molecule has 0 saturated carbocycles. The first-order valence-electron chi connectivity index (χ1n) is 11.3. The van der Waals surface area contributed by atoms with E-state index in [9.17, 15) is 4.79 Å². The molecule has 0 aliphatic heterocycles. The predicted octanol–water partition coefficient (Wildman–Crippen LogP) is 6.71. The molecule has 0 atom stereocenters. The second kappa shape index (κ2) is 12.1. The van der Waals surface area contributed by atoms with Gasteiger partial charge in [-0.05, 0) is 55.6 Å². The van der Waals surface area contributed by atoms with Gasteiger partial charge < -0.3 is 10.6 Å². The van der Waals surface area contributed by atoms with Gasteiger partial charge in [0.2, 0.25) is 0 Å². The van der Waals surface area contributed by atoms with Crippen LogP contribution in [0.4, 0.5) is 16.3 Å². The summed E-state index contributed by atoms with van der Waals surface area (Å²) in [6.45, 7) is 7.32. The highest BCUT2D eigenvalue weighted by Gasteiger charge is 2.14. The van der Waals surface area contributed by atoms with Crippen molar-refractivity contribution >= 4 is 40.7 Å². The lowest BCUT2D eigenvalue weighted by molar-refractivity contribution is 0.262. The monoisotopic (exact) mass is 487 g/mol. The molecule has 0 fully saturated rings. The molecule has 0 saturated heterocycles. The Labute approximate surface area is 205 Å². The lowest BCUT2D eigenvalue weighted by Crippen LogP contribution is -2.25. The minimum atomic E-state index is -0.417. The second-order valence-electron chi connectivity index (χ2n) is 8.25. The van der Waals surface area contributed by atoms with Crippen LogP contribution in [0.3, 0.4) is 0 Å². The molecule has 8 heteroatoms. The van der Waals surface area contributed by atoms with Crippen LogP contribution >= 0.6 is 23.2 Å². The van der Waals surface area contributed by atoms with Crippen LogP contribution in [0.25, 0.3) is 5.69 Å². The lowest BCUT2D eigenvalue weighted by atomic mass is 10.1. The molecular formula is C25H31Cl2N5O. The highest BCUT2D eigenvalue weighted by molar-refractivity contribution is 6.44. The van der Waals surface area contributed by atoms with E-state index in [1.165, 1.54) is 5.56 Å². The van der Waals surface area contributed by atoms with Crippen LogP contribution in [-0.4, -0.2) is 28.4 Å². The molecule has 2 aromatic carbocycles. The number of carbonyl (C=O) groups is 1. The van der Waals surface area contributed by atoms with Crippen molar-refractivity contribution in [3.63, 3.8) is 0 Å². The highest BCUT2D eigenvalue weighted by Crippen LogP contribution is 2.29. The minimum Gasteiger partial charge on any atom is -0.314 e. The number of urea groups is 1. The third kappa shape index (κ3) is 7.22. The van der Waals surface area contributed by atoms with Gasteiger partial charge in [0.15, 0.2) is 0 Å². The normalized spacial score (nSPS) is 11.1. The Morgan fingerprint density at radius 1 is 1.06 bits per heavy atom. The molecule has 176 valence electrons. The van der Waals surface area contributed by atoms with E-state index in [1.807, 2.05) is 18.2 Å². The van der Waals surface area contributed by atoms with Crippen molar-refractivity contribution in [2.75, 3.05) is 17.2 Å². The Hall–Kier alpha value is -2.54. The average molecular weight is 488 g/mol. The summed E-state index contributed by atoms with van der Waals surface area (Å²) in [6.07, 6.45) is 3.85. The summed E-state index contributed by atoms with van der Waals surface area (Å²) in [5.41, 5.74) is 3.47. The van der Waals surface area contributed by atoms with Gasteiger partial charge >= 0.3 is 6.03 Å². The number of carbonyl (C=O) groups excluding carboxylic acids is 1. The number of nitrogens with one attached hydrogen (secondary N) is 3. The van der Waals surface area contributed by atoms with E-state index in [0.29, 0.717) is 27.6 Å². The van der Waals surface area contributed by atoms with Crippen LogP contribution in [0.1, 0.15) is 44.9 Å². The quantitative estimate of drug-likeness (QED) is 0.297. The third-order valence-electron chi connectivity index (χ3n) is 5.11. The fourth-order valence-electron chi connectivity index (χ4n) is 3.42. The molecule has 0 unspecified atom stereocenters. The predicted molar refractivity (Wildman–Crippen MR) is 138 cm³/mol. The number of hydrogen-bond donors (Lipinski definition) is 3. The molecule has 1 heterocycles. The Balaban J connectivity index is 1.82. The maximum absolute atomic E-state index is 12.8. The Kier molecular flexibility index (Phi) is 9.18. The summed E-state index contributed by atoms with van der Waals surface area (Å²) in [6, 6.07) is 15.3. The van der Waals surface area contributed by atoms with Gasteiger partial charge in [-0.3, -0.25) is 5.32 Å². The number of unbranched alkanes of at least 4 members (excludes halogenated alkanes) is 1. The first-order chi connectivity index (χ1) is 15.9. The SMILES string of the molecule is CCCCc1cc(NC(=O)Nc2cccc(Cl)c2Cl)n(-c2cccc(CCNC(C)C)c2)n1. The summed E-state index contributed by atoms with van der Waals surface area (Å²) in [7, 11) is 0. The van der Waals surface area contributed by atoms with Crippen LogP contribution in [0.15, 0.2) is 48.5 Å². The van der Waals surface area contributed by atoms with E-state index in [4.69, 9.17) is 28.3 Å². The summed E-state index contributed by atoms with van der Waals surface area (Å²) in [5.74, 6) is 0.592. The number of benzene rings is 2. The molecule has 0 bridgehead atoms. The molecule has 6 nitrogen and oxygen atoms in total. The van der Waals surface area contributed by atoms with Gasteiger partial charge in [-0.15, -0.1) is 0 Å². The van der Waals surface area contributed by atoms with Gasteiger partial charge in [-0.25, -0.2) is 9.48 Å². The minimum absolute atomic E-state index is 0.300. The van der Waals surface area contributed by atoms with E-state index in [-0.39, 0.29) is 0 Å². The van der Waals surface area contributed by atoms with Crippen LogP contribution < -0.4 is 16.0 Å². The van der Waals surface area contributed by atoms with Crippen molar-refractivity contribution in [1.82, 2.24) is 15.1 Å². The molecule has 3 N–H and O–H groups in total. The molecule has 0 spiro atoms. The zero-order valence-electron chi connectivity index (χ0n) is 19.3. The second-order valence-corrected chi connectivity index (χ2v) is 9.03. The lowest BCUT2D eigenvalue weighted by Gasteiger charge is -2.12. The van der Waals surface area contributed by atoms with Gasteiger partial charge in [0.05, 0.1) is 27.1 Å². The molecule has 33 heavy (non-hydrogen) atoms. The number of halogens is 2. The summed E-state index contributed by atoms with van der Waals surface area (Å²) >= 11 is 12.3. The van der Waals surface area contributed by atoms with Crippen molar-refractivity contribution in [3.05, 3.63) is 69.8 Å². The molecule has 1 aromatic heterocycles. The van der Waals surface area contributed by atoms with E-state index < -0.39 is 6.03 Å². The molecule has 0 aliphatic carbocycles. The van der Waals surface area contributed by atoms with E-state index >= 15 is 0 Å².